The molecule has 0 amide bonds. The molecule has 2 atom stereocenters. The second-order valence-corrected chi connectivity index (χ2v) is 4.28. The lowest BCUT2D eigenvalue weighted by Crippen LogP contribution is -2.30. The molecule has 3 N–H and O–H groups in total. The highest BCUT2D eigenvalue weighted by molar-refractivity contribution is 5.53. The molecule has 0 aromatic rings. The minimum absolute atomic E-state index is 0.0862. The first-order chi connectivity index (χ1) is 7.25. The molecule has 1 heterocycles. The lowest BCUT2D eigenvalue weighted by atomic mass is 9.96. The zero-order valence-electron chi connectivity index (χ0n) is 9.93. The first-order valence-electron chi connectivity index (χ1n) is 5.15. The molecule has 0 aromatic heterocycles. The Morgan fingerprint density at radius 3 is 2.25 bits per heavy atom. The van der Waals surface area contributed by atoms with Gasteiger partial charge in [-0.05, 0) is 33.6 Å². The van der Waals surface area contributed by atoms with Crippen LogP contribution in [0, 0.1) is 0 Å². The van der Waals surface area contributed by atoms with Crippen LogP contribution in [0.2, 0.25) is 0 Å². The Morgan fingerprint density at radius 1 is 1.50 bits per heavy atom. The summed E-state index contributed by atoms with van der Waals surface area (Å²) < 4.78 is 5.06. The monoisotopic (exact) mass is 232 g/mol. The van der Waals surface area contributed by atoms with Gasteiger partial charge in [-0.3, -0.25) is 0 Å². The fourth-order valence-corrected chi connectivity index (χ4v) is 1.22. The summed E-state index contributed by atoms with van der Waals surface area (Å²) in [6.45, 7) is 6.72. The van der Waals surface area contributed by atoms with E-state index in [1.54, 1.807) is 0 Å². The van der Waals surface area contributed by atoms with Crippen LogP contribution in [0.1, 0.15) is 33.6 Å². The third-order valence-corrected chi connectivity index (χ3v) is 2.23. The average Bonchev–Trinajstić information content (AvgIpc) is 2.82. The third kappa shape index (κ3) is 8.26. The largest absolute Gasteiger partial charge is 0.503 e. The first kappa shape index (κ1) is 14.9. The maximum atomic E-state index is 9.81. The molecule has 1 saturated heterocycles. The number of hydrogen-bond acceptors (Lipinski definition) is 3. The number of hydrogen-bond donors (Lipinski definition) is 3. The maximum Gasteiger partial charge on any atom is 0.503 e. The standard InChI is InChI=1S/C10H18O2.CH2O3/c1-8(2)5-4-6-10(3,11)9-7-12-9;2-1(3)4/h5,9,11H,4,6-7H2,1-3H3;(H2,2,3,4). The molecular weight excluding hydrogens is 212 g/mol. The first-order valence-corrected chi connectivity index (χ1v) is 5.15. The highest BCUT2D eigenvalue weighted by atomic mass is 16.6. The van der Waals surface area contributed by atoms with Crippen molar-refractivity contribution < 1.29 is 24.9 Å². The van der Waals surface area contributed by atoms with Gasteiger partial charge in [0.2, 0.25) is 0 Å². The molecule has 1 aliphatic rings. The number of rotatable bonds is 4. The number of allylic oxidation sites excluding steroid dienone is 2. The van der Waals surface area contributed by atoms with E-state index in [9.17, 15) is 5.11 Å². The van der Waals surface area contributed by atoms with Gasteiger partial charge < -0.3 is 20.1 Å². The Balaban J connectivity index is 0.000000487. The zero-order chi connectivity index (χ0) is 12.8. The van der Waals surface area contributed by atoms with Crippen LogP contribution in [0.3, 0.4) is 0 Å². The van der Waals surface area contributed by atoms with Crippen LogP contribution in [0.25, 0.3) is 0 Å². The number of aliphatic hydroxyl groups is 1. The Morgan fingerprint density at radius 2 is 1.94 bits per heavy atom. The Bertz CT molecular complexity index is 245. The van der Waals surface area contributed by atoms with Gasteiger partial charge in [0.15, 0.2) is 0 Å². The number of carboxylic acid groups (broad SMARTS) is 2. The number of ether oxygens (including phenoxy) is 1. The minimum Gasteiger partial charge on any atom is -0.450 e. The van der Waals surface area contributed by atoms with Gasteiger partial charge in [-0.2, -0.15) is 0 Å². The molecule has 0 radical (unpaired) electrons. The molecule has 5 nitrogen and oxygen atoms in total. The van der Waals surface area contributed by atoms with E-state index in [0.717, 1.165) is 19.4 Å². The molecule has 5 heteroatoms. The van der Waals surface area contributed by atoms with Crippen LogP contribution in [-0.2, 0) is 4.74 Å². The van der Waals surface area contributed by atoms with Gasteiger partial charge >= 0.3 is 6.16 Å². The van der Waals surface area contributed by atoms with Crippen molar-refractivity contribution >= 4 is 6.16 Å². The summed E-state index contributed by atoms with van der Waals surface area (Å²) in [7, 11) is 0. The molecule has 0 saturated carbocycles. The van der Waals surface area contributed by atoms with E-state index in [2.05, 4.69) is 19.9 Å². The summed E-state index contributed by atoms with van der Waals surface area (Å²) in [6.07, 6.45) is 2.14. The van der Waals surface area contributed by atoms with E-state index in [-0.39, 0.29) is 6.10 Å². The average molecular weight is 232 g/mol. The van der Waals surface area contributed by atoms with Crippen LogP contribution in [-0.4, -0.2) is 39.8 Å². The summed E-state index contributed by atoms with van der Waals surface area (Å²) in [5.74, 6) is 0. The third-order valence-electron chi connectivity index (χ3n) is 2.23. The van der Waals surface area contributed by atoms with Crippen LogP contribution in [0.5, 0.6) is 0 Å². The van der Waals surface area contributed by atoms with Crippen molar-refractivity contribution in [2.24, 2.45) is 0 Å². The van der Waals surface area contributed by atoms with E-state index in [0.29, 0.717) is 0 Å². The van der Waals surface area contributed by atoms with E-state index < -0.39 is 11.8 Å². The van der Waals surface area contributed by atoms with Crippen molar-refractivity contribution in [1.29, 1.82) is 0 Å². The molecule has 1 aliphatic heterocycles. The Kier molecular flexibility index (Phi) is 6.06. The van der Waals surface area contributed by atoms with Crippen LogP contribution < -0.4 is 0 Å². The lowest BCUT2D eigenvalue weighted by Gasteiger charge is -2.19. The van der Waals surface area contributed by atoms with E-state index >= 15 is 0 Å². The maximum absolute atomic E-state index is 9.81. The van der Waals surface area contributed by atoms with Gasteiger partial charge in [-0.25, -0.2) is 4.79 Å². The molecular formula is C11H20O5. The van der Waals surface area contributed by atoms with Crippen molar-refractivity contribution in [2.45, 2.75) is 45.3 Å². The summed E-state index contributed by atoms with van der Waals surface area (Å²) in [4.78, 5) is 8.56. The Labute approximate surface area is 95.4 Å². The van der Waals surface area contributed by atoms with Crippen molar-refractivity contribution in [1.82, 2.24) is 0 Å². The smallest absolute Gasteiger partial charge is 0.450 e. The summed E-state index contributed by atoms with van der Waals surface area (Å²) >= 11 is 0. The Hall–Kier alpha value is -1.07. The summed E-state index contributed by atoms with van der Waals surface area (Å²) in [5.41, 5.74) is 0.689. The predicted molar refractivity (Wildman–Crippen MR) is 59.7 cm³/mol. The van der Waals surface area contributed by atoms with Crippen molar-refractivity contribution in [3.63, 3.8) is 0 Å². The molecule has 0 aromatic carbocycles. The number of carbonyl (C=O) groups is 1. The predicted octanol–water partition coefficient (Wildman–Crippen LogP) is 2.10. The highest BCUT2D eigenvalue weighted by Gasteiger charge is 2.40. The van der Waals surface area contributed by atoms with Gasteiger partial charge in [0.05, 0.1) is 12.2 Å². The summed E-state index contributed by atoms with van der Waals surface area (Å²) in [5, 5.41) is 23.8. The lowest BCUT2D eigenvalue weighted by molar-refractivity contribution is 0.0225. The van der Waals surface area contributed by atoms with Gasteiger partial charge in [0.25, 0.3) is 0 Å². The van der Waals surface area contributed by atoms with Gasteiger partial charge in [0.1, 0.15) is 6.10 Å². The van der Waals surface area contributed by atoms with Crippen molar-refractivity contribution in [3.05, 3.63) is 11.6 Å². The van der Waals surface area contributed by atoms with Crippen LogP contribution >= 0.6 is 0 Å². The van der Waals surface area contributed by atoms with Gasteiger partial charge in [-0.1, -0.05) is 11.6 Å². The van der Waals surface area contributed by atoms with Crippen molar-refractivity contribution in [3.8, 4) is 0 Å². The van der Waals surface area contributed by atoms with Gasteiger partial charge in [0, 0.05) is 0 Å². The second kappa shape index (κ2) is 6.50. The molecule has 0 aliphatic carbocycles. The quantitative estimate of drug-likeness (QED) is 0.510. The fraction of sp³-hybridized carbons (Fsp3) is 0.727. The number of epoxide rings is 1. The van der Waals surface area contributed by atoms with Gasteiger partial charge in [-0.15, -0.1) is 0 Å². The van der Waals surface area contributed by atoms with E-state index in [1.165, 1.54) is 5.57 Å². The van der Waals surface area contributed by atoms with E-state index in [1.807, 2.05) is 6.92 Å². The molecule has 0 bridgehead atoms. The SMILES string of the molecule is CC(C)=CCCC(C)(O)C1CO1.O=C(O)O. The van der Waals surface area contributed by atoms with Crippen molar-refractivity contribution in [2.75, 3.05) is 6.61 Å². The van der Waals surface area contributed by atoms with Crippen LogP contribution in [0.4, 0.5) is 4.79 Å². The minimum atomic E-state index is -1.83. The fourth-order valence-electron chi connectivity index (χ4n) is 1.22. The van der Waals surface area contributed by atoms with Crippen LogP contribution in [0.15, 0.2) is 11.6 Å². The molecule has 0 spiro atoms. The molecule has 1 rings (SSSR count). The molecule has 2 unspecified atom stereocenters. The molecule has 1 fully saturated rings. The highest BCUT2D eigenvalue weighted by Crippen LogP contribution is 2.28. The normalized spacial score (nSPS) is 21.1. The summed E-state index contributed by atoms with van der Waals surface area (Å²) in [6, 6.07) is 0. The molecule has 16 heavy (non-hydrogen) atoms. The zero-order valence-corrected chi connectivity index (χ0v) is 9.93. The topological polar surface area (TPSA) is 90.3 Å². The van der Waals surface area contributed by atoms with E-state index in [4.69, 9.17) is 19.7 Å². The molecule has 94 valence electrons. The second-order valence-electron chi connectivity index (χ2n) is 4.28.